The predicted octanol–water partition coefficient (Wildman–Crippen LogP) is 4.67. The van der Waals surface area contributed by atoms with Gasteiger partial charge in [-0.25, -0.2) is 0 Å². The van der Waals surface area contributed by atoms with Crippen LogP contribution < -0.4 is 0 Å². The first-order valence-corrected chi connectivity index (χ1v) is 14.8. The van der Waals surface area contributed by atoms with E-state index >= 15 is 0 Å². The standard InChI is InChI=1S/2C6H5N3.4ClH.Ti/c2*1-2-4-6-5(3-1)7-9-8-6;;;;;/h2*1-4H,(H,7,8,9);4*1H;/q;;;;;;+4/p-4. The Kier molecular flexibility index (Phi) is 7.08. The van der Waals surface area contributed by atoms with Gasteiger partial charge >= 0.3 is 49.6 Å². The van der Waals surface area contributed by atoms with Crippen LogP contribution in [-0.2, 0) is 12.3 Å². The fourth-order valence-corrected chi connectivity index (χ4v) is 1.57. The maximum atomic E-state index is 5.01. The maximum absolute atomic E-state index is 5.01. The normalized spacial score (nSPS) is 10.6. The summed E-state index contributed by atoms with van der Waals surface area (Å²) in [6.07, 6.45) is 0. The van der Waals surface area contributed by atoms with Crippen molar-refractivity contribution in [3.8, 4) is 0 Å². The zero-order valence-corrected chi connectivity index (χ0v) is 16.0. The van der Waals surface area contributed by atoms with Crippen LogP contribution in [0.4, 0.5) is 0 Å². The van der Waals surface area contributed by atoms with E-state index in [1.54, 1.807) is 0 Å². The molecule has 0 bridgehead atoms. The average Bonchev–Trinajstić information content (AvgIpc) is 3.15. The van der Waals surface area contributed by atoms with Crippen molar-refractivity contribution in [3.05, 3.63) is 48.5 Å². The molecule has 0 aliphatic carbocycles. The van der Waals surface area contributed by atoms with Gasteiger partial charge in [-0.15, -0.1) is 0 Å². The average molecular weight is 428 g/mol. The second-order valence-electron chi connectivity index (χ2n) is 4.05. The SMILES string of the molecule is [Cl][Ti]([Cl])([Cl])[Cl].c1ccc2n[nH]nc2c1.c1ccc2n[nH]nc2c1. The van der Waals surface area contributed by atoms with E-state index in [2.05, 4.69) is 30.8 Å². The van der Waals surface area contributed by atoms with E-state index in [1.807, 2.05) is 48.5 Å². The molecular weight excluding hydrogens is 418 g/mol. The topological polar surface area (TPSA) is 83.1 Å². The molecule has 2 heterocycles. The molecule has 4 aromatic rings. The van der Waals surface area contributed by atoms with Crippen LogP contribution >= 0.6 is 37.2 Å². The van der Waals surface area contributed by atoms with Crippen LogP contribution in [0, 0.1) is 0 Å². The first kappa shape index (κ1) is 18.5. The van der Waals surface area contributed by atoms with Crippen LogP contribution in [-0.4, -0.2) is 30.8 Å². The number of aromatic nitrogens is 6. The summed E-state index contributed by atoms with van der Waals surface area (Å²) in [6, 6.07) is 15.4. The van der Waals surface area contributed by atoms with E-state index in [0.717, 1.165) is 22.1 Å². The molecule has 0 unspecified atom stereocenters. The number of nitrogens with one attached hydrogen (secondary N) is 2. The van der Waals surface area contributed by atoms with E-state index in [1.165, 1.54) is 0 Å². The molecule has 11 heteroatoms. The van der Waals surface area contributed by atoms with E-state index in [4.69, 9.17) is 37.2 Å². The van der Waals surface area contributed by atoms with Crippen LogP contribution in [0.1, 0.15) is 0 Å². The Morgan fingerprint density at radius 3 is 1.00 bits per heavy atom. The number of hydrogen-bond acceptors (Lipinski definition) is 4. The summed E-state index contributed by atoms with van der Waals surface area (Å²) in [7, 11) is 20.1. The van der Waals surface area contributed by atoms with Gasteiger partial charge in [0.2, 0.25) is 0 Å². The van der Waals surface area contributed by atoms with Gasteiger partial charge in [0.05, 0.1) is 0 Å². The van der Waals surface area contributed by atoms with Crippen molar-refractivity contribution < 1.29 is 12.3 Å². The van der Waals surface area contributed by atoms with Crippen LogP contribution in [0.2, 0.25) is 0 Å². The van der Waals surface area contributed by atoms with Gasteiger partial charge in [-0.05, 0) is 24.3 Å². The zero-order valence-electron chi connectivity index (χ0n) is 11.4. The van der Waals surface area contributed by atoms with Gasteiger partial charge in [0.15, 0.2) is 0 Å². The third kappa shape index (κ3) is 7.03. The smallest absolute Gasteiger partial charge is 0.112 e. The summed E-state index contributed by atoms with van der Waals surface area (Å²) >= 11 is -3.11. The molecule has 2 aromatic heterocycles. The Balaban J connectivity index is 0.000000132. The van der Waals surface area contributed by atoms with Crippen molar-refractivity contribution in [2.45, 2.75) is 0 Å². The molecular formula is C12H10Cl4N6Ti. The van der Waals surface area contributed by atoms with Crippen molar-refractivity contribution in [3.63, 3.8) is 0 Å². The molecule has 23 heavy (non-hydrogen) atoms. The number of halogens is 4. The van der Waals surface area contributed by atoms with Gasteiger partial charge in [0.25, 0.3) is 0 Å². The molecule has 4 rings (SSSR count). The van der Waals surface area contributed by atoms with Crippen molar-refractivity contribution in [1.82, 2.24) is 30.8 Å². The van der Waals surface area contributed by atoms with E-state index in [-0.39, 0.29) is 0 Å². The maximum Gasteiger partial charge on any atom is 0.112 e. The summed E-state index contributed by atoms with van der Waals surface area (Å²) in [4.78, 5) is 0. The van der Waals surface area contributed by atoms with Crippen LogP contribution in [0.25, 0.3) is 22.1 Å². The Morgan fingerprint density at radius 2 is 0.783 bits per heavy atom. The number of fused-ring (bicyclic) bond motifs is 2. The van der Waals surface area contributed by atoms with E-state index in [9.17, 15) is 0 Å². The Hall–Kier alpha value is -0.886. The predicted molar refractivity (Wildman–Crippen MR) is 91.2 cm³/mol. The molecule has 6 nitrogen and oxygen atoms in total. The van der Waals surface area contributed by atoms with Crippen LogP contribution in [0.15, 0.2) is 48.5 Å². The summed E-state index contributed by atoms with van der Waals surface area (Å²) in [5.41, 5.74) is 3.66. The van der Waals surface area contributed by atoms with Gasteiger partial charge < -0.3 is 0 Å². The van der Waals surface area contributed by atoms with Crippen molar-refractivity contribution in [2.75, 3.05) is 0 Å². The Labute approximate surface area is 150 Å². The minimum atomic E-state index is -3.11. The molecule has 0 radical (unpaired) electrons. The zero-order chi connectivity index (χ0) is 16.7. The summed E-state index contributed by atoms with van der Waals surface area (Å²) < 4.78 is 0. The third-order valence-electron chi connectivity index (χ3n) is 2.45. The number of rotatable bonds is 0. The van der Waals surface area contributed by atoms with Crippen LogP contribution in [0.5, 0.6) is 0 Å². The number of aromatic amines is 2. The second-order valence-corrected chi connectivity index (χ2v) is 19.5. The van der Waals surface area contributed by atoms with Crippen molar-refractivity contribution in [2.24, 2.45) is 0 Å². The number of H-pyrrole nitrogens is 2. The monoisotopic (exact) mass is 426 g/mol. The third-order valence-corrected chi connectivity index (χ3v) is 2.45. The quantitative estimate of drug-likeness (QED) is 0.399. The Bertz CT molecular complexity index is 727. The first-order chi connectivity index (χ1) is 10.9. The summed E-state index contributed by atoms with van der Waals surface area (Å²) in [6.45, 7) is 0. The van der Waals surface area contributed by atoms with Crippen LogP contribution in [0.3, 0.4) is 0 Å². The van der Waals surface area contributed by atoms with Gasteiger partial charge in [-0.1, -0.05) is 24.3 Å². The fourth-order valence-electron chi connectivity index (χ4n) is 1.57. The second kappa shape index (κ2) is 8.82. The molecule has 0 spiro atoms. The largest absolute Gasteiger partial charge is 0.197 e. The number of benzene rings is 2. The van der Waals surface area contributed by atoms with E-state index < -0.39 is 12.3 Å². The Morgan fingerprint density at radius 1 is 0.565 bits per heavy atom. The van der Waals surface area contributed by atoms with E-state index in [0.29, 0.717) is 0 Å². The first-order valence-electron chi connectivity index (χ1n) is 6.20. The summed E-state index contributed by atoms with van der Waals surface area (Å²) in [5, 5.41) is 20.6. The molecule has 0 aliphatic heterocycles. The molecule has 2 N–H and O–H groups in total. The van der Waals surface area contributed by atoms with Gasteiger partial charge in [0.1, 0.15) is 22.1 Å². The van der Waals surface area contributed by atoms with Gasteiger partial charge in [-0.3, -0.25) is 0 Å². The minimum absolute atomic E-state index is 0.914. The number of nitrogens with zero attached hydrogens (tertiary/aromatic N) is 4. The van der Waals surface area contributed by atoms with Crippen molar-refractivity contribution in [1.29, 1.82) is 0 Å². The minimum Gasteiger partial charge on any atom is -0.197 e. The van der Waals surface area contributed by atoms with Gasteiger partial charge in [-0.2, -0.15) is 30.8 Å². The molecule has 120 valence electrons. The fraction of sp³-hybridized carbons (Fsp3) is 0. The molecule has 0 fully saturated rings. The molecule has 0 atom stereocenters. The number of hydrogen-bond donors (Lipinski definition) is 2. The van der Waals surface area contributed by atoms with Gasteiger partial charge in [0, 0.05) is 0 Å². The molecule has 0 saturated carbocycles. The molecule has 2 aromatic carbocycles. The van der Waals surface area contributed by atoms with Crippen molar-refractivity contribution >= 4 is 59.3 Å². The molecule has 0 amide bonds. The number of para-hydroxylation sites is 4. The molecule has 0 saturated heterocycles. The molecule has 0 aliphatic rings. The summed E-state index contributed by atoms with van der Waals surface area (Å²) in [5.74, 6) is 0.